The minimum atomic E-state index is -1.53. The lowest BCUT2D eigenvalue weighted by molar-refractivity contribution is -0.0941. The number of ether oxygens (including phenoxy) is 2. The Balaban J connectivity index is 1.69. The van der Waals surface area contributed by atoms with Crippen LogP contribution in [0.5, 0.6) is 6.01 Å². The molecule has 4 N–H and O–H groups in total. The molecule has 4 bridgehead atoms. The maximum absolute atomic E-state index is 11.1. The Morgan fingerprint density at radius 3 is 2.80 bits per heavy atom. The van der Waals surface area contributed by atoms with Gasteiger partial charge in [0.25, 0.3) is 0 Å². The largest absolute Gasteiger partial charge is 0.460 e. The van der Waals surface area contributed by atoms with Crippen LogP contribution in [-0.2, 0) is 4.74 Å². The number of benzene rings is 2. The highest BCUT2D eigenvalue weighted by Gasteiger charge is 2.54. The first-order valence-corrected chi connectivity index (χ1v) is 9.80. The summed E-state index contributed by atoms with van der Waals surface area (Å²) in [5.74, 6) is 0.287. The summed E-state index contributed by atoms with van der Waals surface area (Å²) in [7, 11) is 0. The van der Waals surface area contributed by atoms with Crippen molar-refractivity contribution in [3.63, 3.8) is 0 Å². The van der Waals surface area contributed by atoms with Crippen LogP contribution in [0.25, 0.3) is 32.9 Å². The molecule has 1 fully saturated rings. The van der Waals surface area contributed by atoms with Crippen molar-refractivity contribution < 1.29 is 19.7 Å². The van der Waals surface area contributed by atoms with E-state index in [9.17, 15) is 10.2 Å². The van der Waals surface area contributed by atoms with Gasteiger partial charge < -0.3 is 30.0 Å². The van der Waals surface area contributed by atoms with Gasteiger partial charge >= 0.3 is 6.01 Å². The van der Waals surface area contributed by atoms with Crippen molar-refractivity contribution in [1.82, 2.24) is 14.5 Å². The zero-order valence-corrected chi connectivity index (χ0v) is 16.2. The molecule has 0 amide bonds. The van der Waals surface area contributed by atoms with Gasteiger partial charge in [0.1, 0.15) is 30.2 Å². The van der Waals surface area contributed by atoms with Gasteiger partial charge in [0.15, 0.2) is 11.9 Å². The number of aromatic nitrogens is 3. The van der Waals surface area contributed by atoms with Crippen molar-refractivity contribution >= 4 is 27.6 Å². The highest BCUT2D eigenvalue weighted by atomic mass is 16.6. The smallest absolute Gasteiger partial charge is 0.320 e. The maximum atomic E-state index is 11.1. The normalized spacial score (nSPS) is 27.8. The van der Waals surface area contributed by atoms with E-state index in [0.717, 1.165) is 21.9 Å². The summed E-state index contributed by atoms with van der Waals surface area (Å²) in [6.07, 6.45) is -0.835. The van der Waals surface area contributed by atoms with E-state index < -0.39 is 24.0 Å². The first kappa shape index (κ1) is 17.6. The first-order valence-electron chi connectivity index (χ1n) is 9.80. The summed E-state index contributed by atoms with van der Waals surface area (Å²) in [5.41, 5.74) is 7.09. The summed E-state index contributed by atoms with van der Waals surface area (Å²) in [5, 5.41) is 24.5. The summed E-state index contributed by atoms with van der Waals surface area (Å²) < 4.78 is 13.4. The Morgan fingerprint density at radius 1 is 1.13 bits per heavy atom. The fourth-order valence-corrected chi connectivity index (χ4v) is 4.60. The Labute approximate surface area is 171 Å². The minimum Gasteiger partial charge on any atom is -0.460 e. The number of anilines is 1. The van der Waals surface area contributed by atoms with Crippen LogP contribution >= 0.6 is 0 Å². The van der Waals surface area contributed by atoms with Crippen LogP contribution in [0, 0.1) is 0 Å². The van der Waals surface area contributed by atoms with E-state index in [1.807, 2.05) is 48.7 Å². The van der Waals surface area contributed by atoms with Gasteiger partial charge in [0, 0.05) is 11.8 Å². The number of aliphatic hydroxyl groups is 2. The Kier molecular flexibility index (Phi) is 3.48. The number of hydrogen-bond acceptors (Lipinski definition) is 7. The average Bonchev–Trinajstić information content (AvgIpc) is 3.22. The van der Waals surface area contributed by atoms with Gasteiger partial charge in [-0.25, -0.2) is 0 Å². The van der Waals surface area contributed by atoms with Gasteiger partial charge in [-0.3, -0.25) is 0 Å². The monoisotopic (exact) mass is 404 g/mol. The number of aliphatic hydroxyl groups excluding tert-OH is 1. The fourth-order valence-electron chi connectivity index (χ4n) is 4.60. The Bertz CT molecular complexity index is 1310. The van der Waals surface area contributed by atoms with Crippen LogP contribution < -0.4 is 10.5 Å². The molecule has 0 saturated carbocycles. The van der Waals surface area contributed by atoms with E-state index in [4.69, 9.17) is 15.2 Å². The Hall–Kier alpha value is -3.20. The van der Waals surface area contributed by atoms with Gasteiger partial charge in [0.2, 0.25) is 0 Å². The molecule has 2 aliphatic rings. The molecule has 4 heterocycles. The highest BCUT2D eigenvalue weighted by molar-refractivity contribution is 6.07. The third kappa shape index (κ3) is 2.26. The molecule has 4 atom stereocenters. The average molecular weight is 404 g/mol. The molecule has 2 unspecified atom stereocenters. The number of rotatable bonds is 1. The van der Waals surface area contributed by atoms with Gasteiger partial charge in [-0.1, -0.05) is 42.5 Å². The molecule has 0 spiro atoms. The molecule has 8 nitrogen and oxygen atoms in total. The number of hydrogen-bond donors (Lipinski definition) is 3. The summed E-state index contributed by atoms with van der Waals surface area (Å²) in [6.45, 7) is 1.57. The molecule has 0 radical (unpaired) electrons. The van der Waals surface area contributed by atoms with Crippen molar-refractivity contribution in [2.45, 2.75) is 31.0 Å². The van der Waals surface area contributed by atoms with Gasteiger partial charge in [0.05, 0.1) is 5.39 Å². The standard InChI is InChI=1S/C22H20N4O4/c1-22(28)17(27)15-10-29-21-24-18(23)16-14(9-26(19(16)25-21)20(22)30-15)13-8-4-6-11-5-2-3-7-12(11)13/h2-9,15,17,20,27-28H,10H2,1H3,(H2,23,24,25)/t15-,17?,20-,22?/m1/s1. The predicted octanol–water partition coefficient (Wildman–Crippen LogP) is 2.24. The predicted molar refractivity (Wildman–Crippen MR) is 111 cm³/mol. The van der Waals surface area contributed by atoms with Crippen molar-refractivity contribution in [2.24, 2.45) is 0 Å². The SMILES string of the molecule is CC1(O)C(O)[C@H]2COc3nc(N)c4c(-c5cccc6ccccc56)cn(c4n3)[C@@H]1O2. The second-order valence-electron chi connectivity index (χ2n) is 8.08. The lowest BCUT2D eigenvalue weighted by atomic mass is 9.96. The van der Waals surface area contributed by atoms with E-state index in [1.165, 1.54) is 0 Å². The van der Waals surface area contributed by atoms with Crippen LogP contribution in [0.2, 0.25) is 0 Å². The van der Waals surface area contributed by atoms with Crippen LogP contribution in [0.3, 0.4) is 0 Å². The van der Waals surface area contributed by atoms with Crippen LogP contribution in [0.4, 0.5) is 5.82 Å². The molecule has 152 valence electrons. The molecular formula is C22H20N4O4. The van der Waals surface area contributed by atoms with Gasteiger partial charge in [-0.2, -0.15) is 9.97 Å². The first-order chi connectivity index (χ1) is 14.4. The van der Waals surface area contributed by atoms with Crippen molar-refractivity contribution in [3.8, 4) is 17.1 Å². The van der Waals surface area contributed by atoms with Crippen LogP contribution in [0.1, 0.15) is 13.2 Å². The second kappa shape index (κ2) is 5.91. The Morgan fingerprint density at radius 2 is 1.93 bits per heavy atom. The van der Waals surface area contributed by atoms with Gasteiger partial charge in [-0.05, 0) is 23.3 Å². The number of nitrogens with zero attached hydrogens (tertiary/aromatic N) is 3. The fraction of sp³-hybridized carbons (Fsp3) is 0.273. The number of fused-ring (bicyclic) bond motifs is 5. The maximum Gasteiger partial charge on any atom is 0.320 e. The quantitative estimate of drug-likeness (QED) is 0.446. The van der Waals surface area contributed by atoms with E-state index in [-0.39, 0.29) is 18.4 Å². The third-order valence-corrected chi connectivity index (χ3v) is 6.14. The number of nitrogens with two attached hydrogens (primary N) is 1. The molecule has 2 aromatic heterocycles. The van der Waals surface area contributed by atoms with Crippen molar-refractivity contribution in [3.05, 3.63) is 48.7 Å². The molecule has 2 aliphatic heterocycles. The molecule has 0 aliphatic carbocycles. The summed E-state index contributed by atoms with van der Waals surface area (Å²) >= 11 is 0. The molecule has 2 aromatic carbocycles. The van der Waals surface area contributed by atoms with E-state index >= 15 is 0 Å². The van der Waals surface area contributed by atoms with E-state index in [2.05, 4.69) is 9.97 Å². The number of nitrogen functional groups attached to an aromatic ring is 1. The lowest BCUT2D eigenvalue weighted by Crippen LogP contribution is -2.45. The molecule has 1 saturated heterocycles. The molecule has 6 rings (SSSR count). The van der Waals surface area contributed by atoms with Gasteiger partial charge in [-0.15, -0.1) is 0 Å². The van der Waals surface area contributed by atoms with Crippen molar-refractivity contribution in [1.29, 1.82) is 0 Å². The topological polar surface area (TPSA) is 116 Å². The zero-order valence-electron chi connectivity index (χ0n) is 16.2. The third-order valence-electron chi connectivity index (χ3n) is 6.14. The highest BCUT2D eigenvalue weighted by Crippen LogP contribution is 2.45. The van der Waals surface area contributed by atoms with Crippen LogP contribution in [-0.4, -0.2) is 49.2 Å². The lowest BCUT2D eigenvalue weighted by Gasteiger charge is -2.28. The van der Waals surface area contributed by atoms with E-state index in [0.29, 0.717) is 11.0 Å². The summed E-state index contributed by atoms with van der Waals surface area (Å²) in [6, 6.07) is 14.2. The molecule has 30 heavy (non-hydrogen) atoms. The summed E-state index contributed by atoms with van der Waals surface area (Å²) in [4.78, 5) is 8.87. The minimum absolute atomic E-state index is 0.0137. The van der Waals surface area contributed by atoms with E-state index in [1.54, 1.807) is 11.5 Å². The van der Waals surface area contributed by atoms with Crippen molar-refractivity contribution in [2.75, 3.05) is 12.3 Å². The molecule has 4 aromatic rings. The second-order valence-corrected chi connectivity index (χ2v) is 8.08. The zero-order chi connectivity index (χ0) is 20.6. The molecule has 8 heteroatoms. The van der Waals surface area contributed by atoms with Crippen LogP contribution in [0.15, 0.2) is 48.7 Å². The molecular weight excluding hydrogens is 384 g/mol.